The summed E-state index contributed by atoms with van der Waals surface area (Å²) in [5, 5.41) is 11.2. The highest BCUT2D eigenvalue weighted by atomic mass is 16.5. The molecule has 0 aromatic heterocycles. The van der Waals surface area contributed by atoms with Gasteiger partial charge < -0.3 is 15.2 Å². The van der Waals surface area contributed by atoms with Crippen LogP contribution in [0.1, 0.15) is 11.1 Å². The molecule has 0 atom stereocenters. The van der Waals surface area contributed by atoms with Crippen LogP contribution in [0.4, 0.5) is 5.69 Å². The standard InChI is InChI=1S/C12H17NO3/c1-9-3-4-11(7-10(9)2)13-12(15)8-16-6-5-14/h3-4,7,14H,5-6,8H2,1-2H3,(H,13,15). The van der Waals surface area contributed by atoms with Crippen molar-refractivity contribution < 1.29 is 14.6 Å². The smallest absolute Gasteiger partial charge is 0.250 e. The summed E-state index contributed by atoms with van der Waals surface area (Å²) in [6, 6.07) is 5.73. The maximum Gasteiger partial charge on any atom is 0.250 e. The Bertz CT molecular complexity index is 363. The summed E-state index contributed by atoms with van der Waals surface area (Å²) in [5.74, 6) is -0.211. The Labute approximate surface area is 95.2 Å². The molecule has 88 valence electrons. The van der Waals surface area contributed by atoms with Gasteiger partial charge in [0, 0.05) is 5.69 Å². The zero-order valence-electron chi connectivity index (χ0n) is 9.62. The third-order valence-electron chi connectivity index (χ3n) is 2.26. The van der Waals surface area contributed by atoms with Gasteiger partial charge in [0.2, 0.25) is 5.91 Å². The molecule has 4 nitrogen and oxygen atoms in total. The van der Waals surface area contributed by atoms with E-state index in [0.29, 0.717) is 0 Å². The van der Waals surface area contributed by atoms with Crippen molar-refractivity contribution in [2.75, 3.05) is 25.1 Å². The topological polar surface area (TPSA) is 58.6 Å². The molecule has 16 heavy (non-hydrogen) atoms. The fraction of sp³-hybridized carbons (Fsp3) is 0.417. The van der Waals surface area contributed by atoms with Gasteiger partial charge in [-0.05, 0) is 37.1 Å². The molecule has 0 saturated heterocycles. The van der Waals surface area contributed by atoms with Gasteiger partial charge in [-0.15, -0.1) is 0 Å². The fourth-order valence-electron chi connectivity index (χ4n) is 1.25. The molecule has 0 heterocycles. The number of rotatable bonds is 5. The van der Waals surface area contributed by atoms with Crippen LogP contribution >= 0.6 is 0 Å². The molecule has 0 aliphatic carbocycles. The lowest BCUT2D eigenvalue weighted by Gasteiger charge is -2.07. The van der Waals surface area contributed by atoms with Crippen molar-refractivity contribution in [2.24, 2.45) is 0 Å². The molecule has 0 unspecified atom stereocenters. The van der Waals surface area contributed by atoms with Crippen LogP contribution in [0, 0.1) is 13.8 Å². The Hall–Kier alpha value is -1.39. The molecule has 1 amide bonds. The van der Waals surface area contributed by atoms with Gasteiger partial charge in [-0.1, -0.05) is 6.07 Å². The van der Waals surface area contributed by atoms with E-state index in [9.17, 15) is 4.79 Å². The molecular formula is C12H17NO3. The summed E-state index contributed by atoms with van der Waals surface area (Å²) in [6.07, 6.45) is 0. The summed E-state index contributed by atoms with van der Waals surface area (Å²) in [4.78, 5) is 11.4. The Morgan fingerprint density at radius 1 is 1.38 bits per heavy atom. The summed E-state index contributed by atoms with van der Waals surface area (Å²) >= 11 is 0. The normalized spacial score (nSPS) is 10.2. The van der Waals surface area contributed by atoms with Crippen LogP contribution in [0.5, 0.6) is 0 Å². The minimum atomic E-state index is -0.211. The zero-order valence-corrected chi connectivity index (χ0v) is 9.62. The van der Waals surface area contributed by atoms with Crippen molar-refractivity contribution in [2.45, 2.75) is 13.8 Å². The monoisotopic (exact) mass is 223 g/mol. The van der Waals surface area contributed by atoms with Gasteiger partial charge >= 0.3 is 0 Å². The van der Waals surface area contributed by atoms with Crippen molar-refractivity contribution in [1.29, 1.82) is 0 Å². The van der Waals surface area contributed by atoms with Crippen molar-refractivity contribution in [3.8, 4) is 0 Å². The maximum atomic E-state index is 11.4. The van der Waals surface area contributed by atoms with E-state index in [2.05, 4.69) is 5.32 Å². The molecule has 4 heteroatoms. The summed E-state index contributed by atoms with van der Waals surface area (Å²) in [7, 11) is 0. The zero-order chi connectivity index (χ0) is 12.0. The number of benzene rings is 1. The summed E-state index contributed by atoms with van der Waals surface area (Å²) in [5.41, 5.74) is 3.09. The third kappa shape index (κ3) is 4.00. The van der Waals surface area contributed by atoms with E-state index < -0.39 is 0 Å². The van der Waals surface area contributed by atoms with Crippen LogP contribution in [-0.4, -0.2) is 30.8 Å². The quantitative estimate of drug-likeness (QED) is 0.739. The average molecular weight is 223 g/mol. The summed E-state index contributed by atoms with van der Waals surface area (Å²) in [6.45, 7) is 4.09. The number of ether oxygens (including phenoxy) is 1. The minimum Gasteiger partial charge on any atom is -0.394 e. The van der Waals surface area contributed by atoms with Gasteiger partial charge in [0.1, 0.15) is 6.61 Å². The van der Waals surface area contributed by atoms with E-state index in [4.69, 9.17) is 9.84 Å². The molecule has 0 bridgehead atoms. The number of hydrogen-bond acceptors (Lipinski definition) is 3. The first-order chi connectivity index (χ1) is 7.63. The largest absolute Gasteiger partial charge is 0.394 e. The van der Waals surface area contributed by atoms with Gasteiger partial charge in [-0.25, -0.2) is 0 Å². The SMILES string of the molecule is Cc1ccc(NC(=O)COCCO)cc1C. The molecule has 0 spiro atoms. The predicted molar refractivity (Wildman–Crippen MR) is 62.5 cm³/mol. The molecule has 1 aromatic carbocycles. The van der Waals surface area contributed by atoms with Gasteiger partial charge in [-0.2, -0.15) is 0 Å². The van der Waals surface area contributed by atoms with Gasteiger partial charge in [-0.3, -0.25) is 4.79 Å². The Morgan fingerprint density at radius 3 is 2.75 bits per heavy atom. The Balaban J connectivity index is 2.46. The summed E-state index contributed by atoms with van der Waals surface area (Å²) < 4.78 is 4.91. The lowest BCUT2D eigenvalue weighted by atomic mass is 10.1. The molecule has 1 aromatic rings. The van der Waals surface area contributed by atoms with Gasteiger partial charge in [0.05, 0.1) is 13.2 Å². The van der Waals surface area contributed by atoms with Gasteiger partial charge in [0.25, 0.3) is 0 Å². The van der Waals surface area contributed by atoms with Crippen LogP contribution in [-0.2, 0) is 9.53 Å². The first-order valence-corrected chi connectivity index (χ1v) is 5.19. The second-order valence-electron chi connectivity index (χ2n) is 3.62. The highest BCUT2D eigenvalue weighted by molar-refractivity contribution is 5.91. The first kappa shape index (κ1) is 12.7. The highest BCUT2D eigenvalue weighted by Crippen LogP contribution is 2.13. The highest BCUT2D eigenvalue weighted by Gasteiger charge is 2.02. The van der Waals surface area contributed by atoms with E-state index in [1.54, 1.807) is 0 Å². The van der Waals surface area contributed by atoms with Crippen LogP contribution in [0.3, 0.4) is 0 Å². The second-order valence-corrected chi connectivity index (χ2v) is 3.62. The molecule has 0 aliphatic heterocycles. The van der Waals surface area contributed by atoms with E-state index in [-0.39, 0.29) is 25.7 Å². The molecule has 0 fully saturated rings. The Morgan fingerprint density at radius 2 is 2.12 bits per heavy atom. The average Bonchev–Trinajstić information content (AvgIpc) is 2.24. The number of aliphatic hydroxyl groups excluding tert-OH is 1. The van der Waals surface area contributed by atoms with Crippen molar-refractivity contribution in [3.05, 3.63) is 29.3 Å². The van der Waals surface area contributed by atoms with Crippen molar-refractivity contribution >= 4 is 11.6 Å². The maximum absolute atomic E-state index is 11.4. The van der Waals surface area contributed by atoms with Crippen molar-refractivity contribution in [1.82, 2.24) is 0 Å². The Kier molecular flexibility index (Phi) is 4.95. The predicted octanol–water partition coefficient (Wildman–Crippen LogP) is 1.25. The molecule has 0 aliphatic rings. The number of anilines is 1. The van der Waals surface area contributed by atoms with Crippen LogP contribution < -0.4 is 5.32 Å². The lowest BCUT2D eigenvalue weighted by Crippen LogP contribution is -2.19. The molecular weight excluding hydrogens is 206 g/mol. The van der Waals surface area contributed by atoms with Crippen molar-refractivity contribution in [3.63, 3.8) is 0 Å². The number of aliphatic hydroxyl groups is 1. The lowest BCUT2D eigenvalue weighted by molar-refractivity contribution is -0.120. The van der Waals surface area contributed by atoms with E-state index >= 15 is 0 Å². The van der Waals surface area contributed by atoms with Crippen LogP contribution in [0.25, 0.3) is 0 Å². The minimum absolute atomic E-state index is 0.0342. The number of aryl methyl sites for hydroxylation is 2. The first-order valence-electron chi connectivity index (χ1n) is 5.19. The van der Waals surface area contributed by atoms with Gasteiger partial charge in [0.15, 0.2) is 0 Å². The molecule has 0 saturated carbocycles. The molecule has 2 N–H and O–H groups in total. The number of carbonyl (C=O) groups is 1. The number of amides is 1. The third-order valence-corrected chi connectivity index (χ3v) is 2.26. The van der Waals surface area contributed by atoms with E-state index in [1.165, 1.54) is 5.56 Å². The molecule has 1 rings (SSSR count). The second kappa shape index (κ2) is 6.25. The number of nitrogens with one attached hydrogen (secondary N) is 1. The van der Waals surface area contributed by atoms with Crippen LogP contribution in [0.2, 0.25) is 0 Å². The van der Waals surface area contributed by atoms with E-state index in [1.807, 2.05) is 32.0 Å². The number of carbonyl (C=O) groups excluding carboxylic acids is 1. The van der Waals surface area contributed by atoms with E-state index in [0.717, 1.165) is 11.3 Å². The fourth-order valence-corrected chi connectivity index (χ4v) is 1.25. The molecule has 0 radical (unpaired) electrons. The van der Waals surface area contributed by atoms with Crippen LogP contribution in [0.15, 0.2) is 18.2 Å². The number of hydrogen-bond donors (Lipinski definition) is 2.